The first-order chi connectivity index (χ1) is 17.9. The number of rotatable bonds is 4. The van der Waals surface area contributed by atoms with E-state index in [9.17, 15) is 14.7 Å². The Balaban J connectivity index is 1.51. The van der Waals surface area contributed by atoms with Gasteiger partial charge in [-0.3, -0.25) is 14.5 Å². The molecule has 0 aliphatic carbocycles. The lowest BCUT2D eigenvalue weighted by molar-refractivity contribution is -0.132. The first-order valence-corrected chi connectivity index (χ1v) is 11.8. The zero-order chi connectivity index (χ0) is 25.7. The van der Waals surface area contributed by atoms with E-state index in [0.29, 0.717) is 53.0 Å². The van der Waals surface area contributed by atoms with Gasteiger partial charge in [0.1, 0.15) is 19.0 Å². The maximum Gasteiger partial charge on any atom is 0.300 e. The van der Waals surface area contributed by atoms with Crippen LogP contribution in [0.1, 0.15) is 17.2 Å². The highest BCUT2D eigenvalue weighted by molar-refractivity contribution is 6.51. The molecule has 1 unspecified atom stereocenters. The molecule has 0 saturated carbocycles. The molecule has 0 spiro atoms. The smallest absolute Gasteiger partial charge is 0.300 e. The Morgan fingerprint density at radius 3 is 2.24 bits per heavy atom. The van der Waals surface area contributed by atoms with Gasteiger partial charge in [0.2, 0.25) is 6.79 Å². The third-order valence-electron chi connectivity index (χ3n) is 6.62. The number of fused-ring (bicyclic) bond motifs is 2. The average molecular weight is 501 g/mol. The quantitative estimate of drug-likeness (QED) is 0.328. The van der Waals surface area contributed by atoms with E-state index in [1.807, 2.05) is 43.3 Å². The van der Waals surface area contributed by atoms with Crippen molar-refractivity contribution in [2.24, 2.45) is 0 Å². The number of hydrogen-bond acceptors (Lipinski definition) is 8. The lowest BCUT2D eigenvalue weighted by Gasteiger charge is -2.26. The number of carbonyl (C=O) groups is 2. The standard InChI is InChI=1S/C28H24N2O7/c1-29(2)18-6-3-16(4-7-18)25-24(26(31)17-5-9-20-22(13-17)35-12-11-34-20)27(32)28(33)30(25)19-8-10-21-23(14-19)37-15-36-21/h3-10,13-14,25,31H,11-12,15H2,1-2H3/b26-24-. The van der Waals surface area contributed by atoms with Crippen molar-refractivity contribution >= 4 is 28.8 Å². The van der Waals surface area contributed by atoms with Gasteiger partial charge in [0.15, 0.2) is 23.0 Å². The number of hydrogen-bond donors (Lipinski definition) is 1. The molecule has 1 N–H and O–H groups in total. The maximum atomic E-state index is 13.5. The van der Waals surface area contributed by atoms with Crippen molar-refractivity contribution in [2.75, 3.05) is 43.9 Å². The second-order valence-electron chi connectivity index (χ2n) is 9.05. The van der Waals surface area contributed by atoms with E-state index in [1.165, 1.54) is 4.90 Å². The minimum Gasteiger partial charge on any atom is -0.507 e. The number of anilines is 2. The predicted octanol–water partition coefficient (Wildman–Crippen LogP) is 3.88. The van der Waals surface area contributed by atoms with Gasteiger partial charge < -0.3 is 29.0 Å². The third kappa shape index (κ3) is 3.79. The number of aliphatic hydroxyl groups excluding tert-OH is 1. The number of ether oxygens (including phenoxy) is 4. The van der Waals surface area contributed by atoms with Gasteiger partial charge in [-0.2, -0.15) is 0 Å². The van der Waals surface area contributed by atoms with E-state index in [-0.39, 0.29) is 18.1 Å². The monoisotopic (exact) mass is 500 g/mol. The molecule has 3 aromatic rings. The second kappa shape index (κ2) is 8.77. The normalized spacial score (nSPS) is 19.3. The largest absolute Gasteiger partial charge is 0.507 e. The van der Waals surface area contributed by atoms with E-state index in [0.717, 1.165) is 5.69 Å². The van der Waals surface area contributed by atoms with Gasteiger partial charge in [-0.25, -0.2) is 0 Å². The van der Waals surface area contributed by atoms with Crippen LogP contribution in [0.5, 0.6) is 23.0 Å². The Labute approximate surface area is 213 Å². The van der Waals surface area contributed by atoms with E-state index in [2.05, 4.69) is 0 Å². The summed E-state index contributed by atoms with van der Waals surface area (Å²) >= 11 is 0. The van der Waals surface area contributed by atoms with Crippen molar-refractivity contribution in [1.29, 1.82) is 0 Å². The fourth-order valence-corrected chi connectivity index (χ4v) is 4.75. The summed E-state index contributed by atoms with van der Waals surface area (Å²) in [6, 6.07) is 16.6. The van der Waals surface area contributed by atoms with E-state index in [4.69, 9.17) is 18.9 Å². The minimum atomic E-state index is -0.871. The summed E-state index contributed by atoms with van der Waals surface area (Å²) in [6.45, 7) is 0.892. The molecule has 3 aliphatic heterocycles. The van der Waals surface area contributed by atoms with Crippen molar-refractivity contribution in [3.8, 4) is 23.0 Å². The zero-order valence-corrected chi connectivity index (χ0v) is 20.3. The summed E-state index contributed by atoms with van der Waals surface area (Å²) in [5, 5.41) is 11.4. The topological polar surface area (TPSA) is 97.8 Å². The number of carbonyl (C=O) groups excluding carboxylic acids is 2. The molecule has 1 fully saturated rings. The Bertz CT molecular complexity index is 1450. The van der Waals surface area contributed by atoms with Crippen LogP contribution in [0.2, 0.25) is 0 Å². The Kier molecular flexibility index (Phi) is 5.40. The van der Waals surface area contributed by atoms with E-state index < -0.39 is 17.7 Å². The van der Waals surface area contributed by atoms with Crippen molar-refractivity contribution in [2.45, 2.75) is 6.04 Å². The predicted molar refractivity (Wildman–Crippen MR) is 136 cm³/mol. The first kappa shape index (κ1) is 22.8. The van der Waals surface area contributed by atoms with Gasteiger partial charge in [0.25, 0.3) is 11.7 Å². The van der Waals surface area contributed by atoms with E-state index >= 15 is 0 Å². The molecule has 9 heteroatoms. The lowest BCUT2D eigenvalue weighted by Crippen LogP contribution is -2.29. The van der Waals surface area contributed by atoms with Crippen molar-refractivity contribution in [3.63, 3.8) is 0 Å². The van der Waals surface area contributed by atoms with Crippen molar-refractivity contribution < 1.29 is 33.6 Å². The molecule has 6 rings (SSSR count). The number of aliphatic hydroxyl groups is 1. The van der Waals surface area contributed by atoms with Crippen LogP contribution in [0.4, 0.5) is 11.4 Å². The molecule has 37 heavy (non-hydrogen) atoms. The summed E-state index contributed by atoms with van der Waals surface area (Å²) in [4.78, 5) is 30.2. The summed E-state index contributed by atoms with van der Waals surface area (Å²) in [5.74, 6) is 0.231. The van der Waals surface area contributed by atoms with Crippen LogP contribution in [-0.2, 0) is 9.59 Å². The minimum absolute atomic E-state index is 0.0167. The van der Waals surface area contributed by atoms with Gasteiger partial charge in [0, 0.05) is 37.1 Å². The lowest BCUT2D eigenvalue weighted by atomic mass is 9.94. The summed E-state index contributed by atoms with van der Waals surface area (Å²) in [6.07, 6.45) is 0. The van der Waals surface area contributed by atoms with Gasteiger partial charge >= 0.3 is 0 Å². The Hall–Kier alpha value is -4.66. The van der Waals surface area contributed by atoms with Crippen LogP contribution in [0.3, 0.4) is 0 Å². The van der Waals surface area contributed by atoms with Crippen LogP contribution >= 0.6 is 0 Å². The molecule has 9 nitrogen and oxygen atoms in total. The molecule has 3 heterocycles. The zero-order valence-electron chi connectivity index (χ0n) is 20.3. The van der Waals surface area contributed by atoms with Crippen LogP contribution in [0, 0.1) is 0 Å². The summed E-state index contributed by atoms with van der Waals surface area (Å²) in [7, 11) is 3.85. The van der Waals surface area contributed by atoms with Gasteiger partial charge in [0.05, 0.1) is 11.6 Å². The molecule has 1 saturated heterocycles. The van der Waals surface area contributed by atoms with Crippen LogP contribution in [-0.4, -0.2) is 50.9 Å². The SMILES string of the molecule is CN(C)c1ccc(C2/C(=C(/O)c3ccc4c(c3)OCCO4)C(=O)C(=O)N2c2ccc3c(c2)OCO3)cc1. The number of amides is 1. The number of benzene rings is 3. The second-order valence-corrected chi connectivity index (χ2v) is 9.05. The molecule has 1 atom stereocenters. The van der Waals surface area contributed by atoms with Crippen LogP contribution in [0.25, 0.3) is 5.76 Å². The number of Topliss-reactive ketones (excluding diaryl/α,β-unsaturated/α-hetero) is 1. The van der Waals surface area contributed by atoms with Crippen molar-refractivity contribution in [1.82, 2.24) is 0 Å². The molecule has 3 aliphatic rings. The highest BCUT2D eigenvalue weighted by atomic mass is 16.7. The van der Waals surface area contributed by atoms with Gasteiger partial charge in [-0.05, 0) is 48.0 Å². The fourth-order valence-electron chi connectivity index (χ4n) is 4.75. The third-order valence-corrected chi connectivity index (χ3v) is 6.62. The molecule has 1 amide bonds. The van der Waals surface area contributed by atoms with Crippen LogP contribution < -0.4 is 28.7 Å². The number of ketones is 1. The fraction of sp³-hybridized carbons (Fsp3) is 0.214. The molecular weight excluding hydrogens is 476 g/mol. The Morgan fingerprint density at radius 1 is 0.838 bits per heavy atom. The molecule has 188 valence electrons. The maximum absolute atomic E-state index is 13.5. The molecular formula is C28H24N2O7. The summed E-state index contributed by atoms with van der Waals surface area (Å²) < 4.78 is 22.1. The van der Waals surface area contributed by atoms with E-state index in [1.54, 1.807) is 36.4 Å². The van der Waals surface area contributed by atoms with Crippen LogP contribution in [0.15, 0.2) is 66.2 Å². The molecule has 0 radical (unpaired) electrons. The molecule has 3 aromatic carbocycles. The highest BCUT2D eigenvalue weighted by Crippen LogP contribution is 2.45. The van der Waals surface area contributed by atoms with Gasteiger partial charge in [-0.1, -0.05) is 12.1 Å². The average Bonchev–Trinajstić information content (AvgIpc) is 3.49. The molecule has 0 aromatic heterocycles. The number of nitrogens with zero attached hydrogens (tertiary/aromatic N) is 2. The highest BCUT2D eigenvalue weighted by Gasteiger charge is 2.47. The molecule has 0 bridgehead atoms. The van der Waals surface area contributed by atoms with Gasteiger partial charge in [-0.15, -0.1) is 0 Å². The Morgan fingerprint density at radius 2 is 1.49 bits per heavy atom. The van der Waals surface area contributed by atoms with Crippen molar-refractivity contribution in [3.05, 3.63) is 77.4 Å². The first-order valence-electron chi connectivity index (χ1n) is 11.8. The summed E-state index contributed by atoms with van der Waals surface area (Å²) in [5.41, 5.74) is 2.41.